The van der Waals surface area contributed by atoms with Gasteiger partial charge in [-0.3, -0.25) is 4.79 Å². The average molecular weight is 626 g/mol. The van der Waals surface area contributed by atoms with Crippen LogP contribution in [0.15, 0.2) is 63.1 Å². The van der Waals surface area contributed by atoms with Crippen LogP contribution in [0.3, 0.4) is 0 Å². The predicted molar refractivity (Wildman–Crippen MR) is 161 cm³/mol. The van der Waals surface area contributed by atoms with E-state index in [-0.39, 0.29) is 27.8 Å². The second kappa shape index (κ2) is 11.6. The first-order chi connectivity index (χ1) is 20.5. The van der Waals surface area contributed by atoms with Crippen LogP contribution < -0.4 is 5.56 Å². The Morgan fingerprint density at radius 1 is 0.860 bits per heavy atom. The molecule has 228 valence electrons. The van der Waals surface area contributed by atoms with Gasteiger partial charge in [-0.15, -0.1) is 5.10 Å². The molecule has 1 atom stereocenters. The van der Waals surface area contributed by atoms with Gasteiger partial charge in [0, 0.05) is 32.1 Å². The first-order valence-electron chi connectivity index (χ1n) is 14.5. The molecule has 0 saturated carbocycles. The van der Waals surface area contributed by atoms with Gasteiger partial charge in [-0.25, -0.2) is 26.5 Å². The van der Waals surface area contributed by atoms with Crippen LogP contribution in [0.5, 0.6) is 0 Å². The second-order valence-electron chi connectivity index (χ2n) is 11.6. The molecule has 0 radical (unpaired) electrons. The van der Waals surface area contributed by atoms with E-state index >= 15 is 0 Å². The summed E-state index contributed by atoms with van der Waals surface area (Å²) in [6.07, 6.45) is 2.83. The second-order valence-corrected chi connectivity index (χ2v) is 15.5. The van der Waals surface area contributed by atoms with Gasteiger partial charge in [-0.2, -0.15) is 8.61 Å². The highest BCUT2D eigenvalue weighted by atomic mass is 32.2. The zero-order valence-corrected chi connectivity index (χ0v) is 25.8. The van der Waals surface area contributed by atoms with Crippen LogP contribution in [-0.2, 0) is 26.6 Å². The maximum Gasteiger partial charge on any atom is 0.281 e. The number of aryl methyl sites for hydroxylation is 1. The molecule has 43 heavy (non-hydrogen) atoms. The van der Waals surface area contributed by atoms with E-state index in [4.69, 9.17) is 4.98 Å². The van der Waals surface area contributed by atoms with Crippen LogP contribution in [0, 0.1) is 12.8 Å². The van der Waals surface area contributed by atoms with E-state index in [0.717, 1.165) is 24.0 Å². The van der Waals surface area contributed by atoms with Gasteiger partial charge in [0.2, 0.25) is 20.0 Å². The number of sulfonamides is 2. The van der Waals surface area contributed by atoms with Gasteiger partial charge in [-0.05, 0) is 68.4 Å². The van der Waals surface area contributed by atoms with Crippen LogP contribution in [0.25, 0.3) is 11.2 Å². The minimum atomic E-state index is -3.92. The first kappa shape index (κ1) is 29.6. The number of rotatable bonds is 7. The zero-order valence-electron chi connectivity index (χ0n) is 24.2. The van der Waals surface area contributed by atoms with Crippen molar-refractivity contribution in [1.29, 1.82) is 0 Å². The number of piperidine rings is 2. The van der Waals surface area contributed by atoms with E-state index in [1.165, 1.54) is 32.9 Å². The molecule has 0 bridgehead atoms. The minimum absolute atomic E-state index is 0.0247. The Labute approximate surface area is 250 Å². The molecule has 2 aromatic carbocycles. The standard InChI is InChI=1S/C29H35N7O5S2/c1-20-5-7-22(8-6-20)18-36-28-26(32-33-36)29(37)31-27(30-28)23-4-3-15-35(19-23)43(40,41)25-11-9-24(10-12-25)42(38,39)34-16-13-21(2)14-17-34/h5-12,21,23H,3-4,13-19H2,1-2H3,(H,30,31,37)/t23-/m0/s1. The van der Waals surface area contributed by atoms with Gasteiger partial charge in [0.1, 0.15) is 5.82 Å². The summed E-state index contributed by atoms with van der Waals surface area (Å²) in [6.45, 7) is 5.87. The van der Waals surface area contributed by atoms with Crippen molar-refractivity contribution in [2.75, 3.05) is 26.2 Å². The summed E-state index contributed by atoms with van der Waals surface area (Å²) in [5.74, 6) is 0.534. The lowest BCUT2D eigenvalue weighted by molar-refractivity contribution is 0.288. The first-order valence-corrected chi connectivity index (χ1v) is 17.4. The van der Waals surface area contributed by atoms with Crippen molar-refractivity contribution in [3.63, 3.8) is 0 Å². The van der Waals surface area contributed by atoms with Gasteiger partial charge >= 0.3 is 0 Å². The van der Waals surface area contributed by atoms with Gasteiger partial charge in [0.25, 0.3) is 5.56 Å². The normalized spacial score (nSPS) is 19.6. The molecule has 0 unspecified atom stereocenters. The lowest BCUT2D eigenvalue weighted by atomic mass is 9.99. The van der Waals surface area contributed by atoms with Crippen molar-refractivity contribution in [1.82, 2.24) is 33.6 Å². The molecule has 4 aromatic rings. The molecular formula is C29H35N7O5S2. The summed E-state index contributed by atoms with van der Waals surface area (Å²) >= 11 is 0. The molecule has 14 heteroatoms. The molecule has 2 saturated heterocycles. The van der Waals surface area contributed by atoms with E-state index < -0.39 is 25.6 Å². The van der Waals surface area contributed by atoms with Gasteiger partial charge < -0.3 is 4.98 Å². The summed E-state index contributed by atoms with van der Waals surface area (Å²) in [5, 5.41) is 8.17. The van der Waals surface area contributed by atoms with E-state index in [1.54, 1.807) is 4.68 Å². The highest BCUT2D eigenvalue weighted by molar-refractivity contribution is 7.89. The van der Waals surface area contributed by atoms with E-state index in [0.29, 0.717) is 56.4 Å². The van der Waals surface area contributed by atoms with Crippen molar-refractivity contribution in [3.8, 4) is 0 Å². The number of aromatic nitrogens is 5. The van der Waals surface area contributed by atoms with Crippen LogP contribution in [-0.4, -0.2) is 76.6 Å². The van der Waals surface area contributed by atoms with Gasteiger partial charge in [-0.1, -0.05) is 42.0 Å². The fraction of sp³-hybridized carbons (Fsp3) is 0.448. The van der Waals surface area contributed by atoms with Crippen molar-refractivity contribution in [3.05, 3.63) is 75.8 Å². The van der Waals surface area contributed by atoms with Crippen LogP contribution >= 0.6 is 0 Å². The third-order valence-corrected chi connectivity index (χ3v) is 12.2. The summed E-state index contributed by atoms with van der Waals surface area (Å²) in [4.78, 5) is 20.5. The molecular weight excluding hydrogens is 590 g/mol. The molecule has 2 aliphatic heterocycles. The summed E-state index contributed by atoms with van der Waals surface area (Å²) in [7, 11) is -7.61. The number of benzene rings is 2. The average Bonchev–Trinajstić information content (AvgIpc) is 3.41. The summed E-state index contributed by atoms with van der Waals surface area (Å²) in [6, 6.07) is 13.4. The monoisotopic (exact) mass is 625 g/mol. The molecule has 2 aromatic heterocycles. The Bertz CT molecular complexity index is 1900. The van der Waals surface area contributed by atoms with Gasteiger partial charge in [0.05, 0.1) is 16.3 Å². The Morgan fingerprint density at radius 2 is 1.49 bits per heavy atom. The number of hydrogen-bond donors (Lipinski definition) is 1. The van der Waals surface area contributed by atoms with Crippen molar-refractivity contribution >= 4 is 31.2 Å². The predicted octanol–water partition coefficient (Wildman–Crippen LogP) is 2.86. The maximum absolute atomic E-state index is 13.6. The molecule has 12 nitrogen and oxygen atoms in total. The Morgan fingerprint density at radius 3 is 2.14 bits per heavy atom. The molecule has 0 aliphatic carbocycles. The molecule has 1 N–H and O–H groups in total. The Balaban J connectivity index is 1.22. The summed E-state index contributed by atoms with van der Waals surface area (Å²) < 4.78 is 57.9. The highest BCUT2D eigenvalue weighted by Gasteiger charge is 2.33. The zero-order chi connectivity index (χ0) is 30.4. The third-order valence-electron chi connectivity index (χ3n) is 8.46. The quantitative estimate of drug-likeness (QED) is 0.329. The fourth-order valence-electron chi connectivity index (χ4n) is 5.74. The third kappa shape index (κ3) is 5.88. The van der Waals surface area contributed by atoms with Crippen LogP contribution in [0.1, 0.15) is 55.5 Å². The number of H-pyrrole nitrogens is 1. The Kier molecular flexibility index (Phi) is 7.96. The lowest BCUT2D eigenvalue weighted by Gasteiger charge is -2.31. The topological polar surface area (TPSA) is 151 Å². The fourth-order valence-corrected chi connectivity index (χ4v) is 8.73. The Hall–Kier alpha value is -3.46. The number of aromatic amines is 1. The lowest BCUT2D eigenvalue weighted by Crippen LogP contribution is -2.40. The largest absolute Gasteiger partial charge is 0.308 e. The number of fused-ring (bicyclic) bond motifs is 1. The smallest absolute Gasteiger partial charge is 0.281 e. The SMILES string of the molecule is Cc1ccc(Cn2nnc3c(=O)[nH]c([C@H]4CCCN(S(=O)(=O)c5ccc(S(=O)(=O)N6CCC(C)CC6)cc5)C4)nc32)cc1. The van der Waals surface area contributed by atoms with E-state index in [9.17, 15) is 21.6 Å². The molecule has 2 aliphatic rings. The maximum atomic E-state index is 13.6. The number of hydrogen-bond acceptors (Lipinski definition) is 8. The highest BCUT2D eigenvalue weighted by Crippen LogP contribution is 2.30. The van der Waals surface area contributed by atoms with E-state index in [1.807, 2.05) is 31.2 Å². The molecule has 0 amide bonds. The molecule has 2 fully saturated rings. The van der Waals surface area contributed by atoms with Crippen LogP contribution in [0.2, 0.25) is 0 Å². The molecule has 6 rings (SSSR count). The summed E-state index contributed by atoms with van der Waals surface area (Å²) in [5.41, 5.74) is 2.17. The number of nitrogens with one attached hydrogen (secondary N) is 1. The van der Waals surface area contributed by atoms with Gasteiger partial charge in [0.15, 0.2) is 11.2 Å². The number of nitrogens with zero attached hydrogens (tertiary/aromatic N) is 6. The van der Waals surface area contributed by atoms with E-state index in [2.05, 4.69) is 22.2 Å². The van der Waals surface area contributed by atoms with Crippen molar-refractivity contribution in [2.45, 2.75) is 61.8 Å². The van der Waals surface area contributed by atoms with Crippen LogP contribution in [0.4, 0.5) is 0 Å². The van der Waals surface area contributed by atoms with Crippen molar-refractivity contribution in [2.24, 2.45) is 5.92 Å². The molecule has 4 heterocycles. The minimum Gasteiger partial charge on any atom is -0.308 e. The van der Waals surface area contributed by atoms with Crippen molar-refractivity contribution < 1.29 is 16.8 Å². The molecule has 0 spiro atoms.